The molecule has 0 bridgehead atoms. The summed E-state index contributed by atoms with van der Waals surface area (Å²) in [6, 6.07) is 8.66. The molecule has 2 rings (SSSR count). The van der Waals surface area contributed by atoms with Crippen LogP contribution in [-0.4, -0.2) is 9.97 Å². The third-order valence-corrected chi connectivity index (χ3v) is 2.67. The summed E-state index contributed by atoms with van der Waals surface area (Å²) in [5.74, 6) is 1.80. The fourth-order valence-electron chi connectivity index (χ4n) is 1.45. The van der Waals surface area contributed by atoms with E-state index in [1.54, 1.807) is 30.3 Å². The molecule has 0 saturated heterocycles. The SMILES string of the molecule is CCCc1nc(Cl)cc(Oc2ccc(Cl)cc2)n1. The van der Waals surface area contributed by atoms with Crippen LogP contribution in [0.15, 0.2) is 30.3 Å². The Kier molecular flexibility index (Phi) is 4.39. The zero-order chi connectivity index (χ0) is 13.0. The van der Waals surface area contributed by atoms with Gasteiger partial charge in [0.15, 0.2) is 0 Å². The van der Waals surface area contributed by atoms with Gasteiger partial charge in [0.25, 0.3) is 0 Å². The van der Waals surface area contributed by atoms with Gasteiger partial charge < -0.3 is 4.74 Å². The van der Waals surface area contributed by atoms with E-state index in [4.69, 9.17) is 27.9 Å². The first kappa shape index (κ1) is 13.1. The lowest BCUT2D eigenvalue weighted by atomic mass is 10.3. The first-order chi connectivity index (χ1) is 8.67. The van der Waals surface area contributed by atoms with Crippen LogP contribution in [0.5, 0.6) is 11.6 Å². The summed E-state index contributed by atoms with van der Waals surface area (Å²) in [5.41, 5.74) is 0. The minimum Gasteiger partial charge on any atom is -0.439 e. The fraction of sp³-hybridized carbons (Fsp3) is 0.231. The second kappa shape index (κ2) is 6.03. The van der Waals surface area contributed by atoms with Crippen molar-refractivity contribution < 1.29 is 4.74 Å². The number of aromatic nitrogens is 2. The monoisotopic (exact) mass is 282 g/mol. The molecule has 1 aromatic heterocycles. The van der Waals surface area contributed by atoms with Crippen LogP contribution in [0.2, 0.25) is 10.2 Å². The summed E-state index contributed by atoms with van der Waals surface area (Å²) in [7, 11) is 0. The van der Waals surface area contributed by atoms with Crippen molar-refractivity contribution in [3.63, 3.8) is 0 Å². The second-order valence-corrected chi connectivity index (χ2v) is 4.57. The molecule has 0 atom stereocenters. The summed E-state index contributed by atoms with van der Waals surface area (Å²) in [6.07, 6.45) is 1.73. The molecule has 0 saturated carbocycles. The molecule has 3 nitrogen and oxygen atoms in total. The number of aryl methyl sites for hydroxylation is 1. The van der Waals surface area contributed by atoms with Gasteiger partial charge >= 0.3 is 0 Å². The average molecular weight is 283 g/mol. The Hall–Kier alpha value is -1.32. The van der Waals surface area contributed by atoms with Gasteiger partial charge in [0.1, 0.15) is 16.7 Å². The predicted octanol–water partition coefficient (Wildman–Crippen LogP) is 4.53. The molecule has 0 radical (unpaired) electrons. The van der Waals surface area contributed by atoms with Crippen molar-refractivity contribution in [1.29, 1.82) is 0 Å². The Bertz CT molecular complexity index is 529. The smallest absolute Gasteiger partial charge is 0.224 e. The normalized spacial score (nSPS) is 10.4. The van der Waals surface area contributed by atoms with E-state index in [0.717, 1.165) is 12.8 Å². The van der Waals surface area contributed by atoms with E-state index < -0.39 is 0 Å². The lowest BCUT2D eigenvalue weighted by Gasteiger charge is -2.06. The van der Waals surface area contributed by atoms with Crippen molar-refractivity contribution in [3.8, 4) is 11.6 Å². The molecule has 0 fully saturated rings. The molecule has 1 heterocycles. The van der Waals surface area contributed by atoms with Crippen LogP contribution < -0.4 is 4.74 Å². The standard InChI is InChI=1S/C13H12Cl2N2O/c1-2-3-12-16-11(15)8-13(17-12)18-10-6-4-9(14)5-7-10/h4-8H,2-3H2,1H3. The van der Waals surface area contributed by atoms with E-state index >= 15 is 0 Å². The highest BCUT2D eigenvalue weighted by atomic mass is 35.5. The molecule has 94 valence electrons. The van der Waals surface area contributed by atoms with Gasteiger partial charge in [0, 0.05) is 17.5 Å². The van der Waals surface area contributed by atoms with Crippen molar-refractivity contribution in [3.05, 3.63) is 46.3 Å². The molecule has 0 aliphatic heterocycles. The van der Waals surface area contributed by atoms with Crippen LogP contribution >= 0.6 is 23.2 Å². The van der Waals surface area contributed by atoms with E-state index in [1.807, 2.05) is 0 Å². The van der Waals surface area contributed by atoms with Gasteiger partial charge in [-0.2, -0.15) is 4.98 Å². The number of halogens is 2. The van der Waals surface area contributed by atoms with Gasteiger partial charge in [-0.05, 0) is 30.7 Å². The van der Waals surface area contributed by atoms with E-state index in [0.29, 0.717) is 27.6 Å². The summed E-state index contributed by atoms with van der Waals surface area (Å²) < 4.78 is 5.61. The molecule has 0 unspecified atom stereocenters. The maximum atomic E-state index is 5.92. The maximum Gasteiger partial charge on any atom is 0.224 e. The molecular weight excluding hydrogens is 271 g/mol. The molecule has 0 aliphatic rings. The summed E-state index contributed by atoms with van der Waals surface area (Å²) >= 11 is 11.7. The van der Waals surface area contributed by atoms with Crippen molar-refractivity contribution >= 4 is 23.2 Å². The lowest BCUT2D eigenvalue weighted by molar-refractivity contribution is 0.458. The Labute approximate surface area is 116 Å². The fourth-order valence-corrected chi connectivity index (χ4v) is 1.77. The van der Waals surface area contributed by atoms with Gasteiger partial charge in [-0.15, -0.1) is 0 Å². The first-order valence-electron chi connectivity index (χ1n) is 5.64. The molecule has 0 spiro atoms. The van der Waals surface area contributed by atoms with Crippen LogP contribution in [0.3, 0.4) is 0 Å². The van der Waals surface area contributed by atoms with Crippen molar-refractivity contribution in [1.82, 2.24) is 9.97 Å². The Morgan fingerprint density at radius 1 is 1.11 bits per heavy atom. The van der Waals surface area contributed by atoms with E-state index in [-0.39, 0.29) is 0 Å². The number of nitrogens with zero attached hydrogens (tertiary/aromatic N) is 2. The third kappa shape index (κ3) is 3.59. The van der Waals surface area contributed by atoms with E-state index in [9.17, 15) is 0 Å². The average Bonchev–Trinajstić information content (AvgIpc) is 2.32. The van der Waals surface area contributed by atoms with Gasteiger partial charge in [-0.1, -0.05) is 30.1 Å². The number of rotatable bonds is 4. The summed E-state index contributed by atoms with van der Waals surface area (Å²) in [4.78, 5) is 8.42. The Balaban J connectivity index is 2.20. The molecule has 0 N–H and O–H groups in total. The highest BCUT2D eigenvalue weighted by molar-refractivity contribution is 6.30. The third-order valence-electron chi connectivity index (χ3n) is 2.23. The number of ether oxygens (including phenoxy) is 1. The van der Waals surface area contributed by atoms with Gasteiger partial charge in [-0.25, -0.2) is 4.98 Å². The molecule has 5 heteroatoms. The first-order valence-corrected chi connectivity index (χ1v) is 6.40. The maximum absolute atomic E-state index is 5.92. The topological polar surface area (TPSA) is 35.0 Å². The molecular formula is C13H12Cl2N2O. The highest BCUT2D eigenvalue weighted by Gasteiger charge is 2.05. The molecule has 18 heavy (non-hydrogen) atoms. The Morgan fingerprint density at radius 2 is 1.83 bits per heavy atom. The number of benzene rings is 1. The van der Waals surface area contributed by atoms with Gasteiger partial charge in [0.2, 0.25) is 5.88 Å². The zero-order valence-corrected chi connectivity index (χ0v) is 11.4. The Morgan fingerprint density at radius 3 is 2.50 bits per heavy atom. The van der Waals surface area contributed by atoms with Crippen molar-refractivity contribution in [2.75, 3.05) is 0 Å². The predicted molar refractivity (Wildman–Crippen MR) is 72.6 cm³/mol. The largest absolute Gasteiger partial charge is 0.439 e. The molecule has 1 aromatic carbocycles. The minimum absolute atomic E-state index is 0.386. The molecule has 0 aliphatic carbocycles. The number of hydrogen-bond donors (Lipinski definition) is 0. The highest BCUT2D eigenvalue weighted by Crippen LogP contribution is 2.23. The number of hydrogen-bond acceptors (Lipinski definition) is 3. The van der Waals surface area contributed by atoms with Crippen LogP contribution in [0.25, 0.3) is 0 Å². The van der Waals surface area contributed by atoms with Crippen LogP contribution in [0, 0.1) is 0 Å². The lowest BCUT2D eigenvalue weighted by Crippen LogP contribution is -1.97. The molecule has 2 aromatic rings. The second-order valence-electron chi connectivity index (χ2n) is 3.75. The van der Waals surface area contributed by atoms with Crippen molar-refractivity contribution in [2.24, 2.45) is 0 Å². The molecule has 0 amide bonds. The van der Waals surface area contributed by atoms with Gasteiger partial charge in [-0.3, -0.25) is 0 Å². The minimum atomic E-state index is 0.386. The van der Waals surface area contributed by atoms with Crippen LogP contribution in [0.1, 0.15) is 19.2 Å². The summed E-state index contributed by atoms with van der Waals surface area (Å²) in [5, 5.41) is 1.05. The van der Waals surface area contributed by atoms with Crippen LogP contribution in [-0.2, 0) is 6.42 Å². The van der Waals surface area contributed by atoms with Crippen molar-refractivity contribution in [2.45, 2.75) is 19.8 Å². The quantitative estimate of drug-likeness (QED) is 0.773. The summed E-state index contributed by atoms with van der Waals surface area (Å²) in [6.45, 7) is 2.06. The van der Waals surface area contributed by atoms with Gasteiger partial charge in [0.05, 0.1) is 0 Å². The zero-order valence-electron chi connectivity index (χ0n) is 9.86. The van der Waals surface area contributed by atoms with Crippen LogP contribution in [0.4, 0.5) is 0 Å². The van der Waals surface area contributed by atoms with E-state index in [1.165, 1.54) is 0 Å². The van der Waals surface area contributed by atoms with E-state index in [2.05, 4.69) is 16.9 Å².